The number of furan rings is 1. The molecular weight excluding hydrogens is 645 g/mol. The van der Waals surface area contributed by atoms with Gasteiger partial charge < -0.3 is 8.98 Å². The van der Waals surface area contributed by atoms with Gasteiger partial charge in [-0.1, -0.05) is 103 Å². The summed E-state index contributed by atoms with van der Waals surface area (Å²) in [5, 5.41) is 1.77. The fourth-order valence-corrected chi connectivity index (χ4v) is 7.70. The van der Waals surface area contributed by atoms with Gasteiger partial charge in [-0.05, 0) is 54.5 Å². The van der Waals surface area contributed by atoms with E-state index in [-0.39, 0.29) is 78.2 Å². The number of hydrogen-bond donors (Lipinski definition) is 0. The van der Waals surface area contributed by atoms with Gasteiger partial charge in [0.05, 0.1) is 24.7 Å². The van der Waals surface area contributed by atoms with Gasteiger partial charge in [-0.3, -0.25) is 0 Å². The Morgan fingerprint density at radius 1 is 0.490 bits per heavy atom. The summed E-state index contributed by atoms with van der Waals surface area (Å²) in [4.78, 5) is 14.5. The normalized spacial score (nSPS) is 14.7. The van der Waals surface area contributed by atoms with Crippen molar-refractivity contribution in [2.24, 2.45) is 0 Å². The number of benzene rings is 7. The van der Waals surface area contributed by atoms with Crippen LogP contribution in [0.25, 0.3) is 104 Å². The molecule has 7 aromatic carbocycles. The first-order valence-corrected chi connectivity index (χ1v) is 16.9. The van der Waals surface area contributed by atoms with E-state index in [4.69, 9.17) is 30.3 Å². The van der Waals surface area contributed by atoms with E-state index in [1.807, 2.05) is 84.9 Å². The van der Waals surface area contributed by atoms with Crippen molar-refractivity contribution < 1.29 is 18.1 Å². The molecule has 11 rings (SSSR count). The van der Waals surface area contributed by atoms with Gasteiger partial charge in [-0.2, -0.15) is 0 Å². The van der Waals surface area contributed by atoms with Crippen LogP contribution in [-0.2, 0) is 0 Å². The van der Waals surface area contributed by atoms with Crippen LogP contribution in [0.5, 0.6) is 0 Å². The van der Waals surface area contributed by atoms with Gasteiger partial charge in [0.25, 0.3) is 0 Å². The summed E-state index contributed by atoms with van der Waals surface area (Å²) in [6, 6.07) is 26.8. The smallest absolute Gasteiger partial charge is 0.164 e. The lowest BCUT2D eigenvalue weighted by Crippen LogP contribution is -2.00. The van der Waals surface area contributed by atoms with Crippen LogP contribution in [0.4, 0.5) is 0 Å². The molecule has 6 heteroatoms. The Morgan fingerprint density at radius 2 is 1.18 bits per heavy atom. The third kappa shape index (κ3) is 4.43. The number of hydrogen-bond acceptors (Lipinski definition) is 5. The van der Waals surface area contributed by atoms with Crippen LogP contribution >= 0.6 is 11.3 Å². The Balaban J connectivity index is 1.15. The third-order valence-corrected chi connectivity index (χ3v) is 10.1. The summed E-state index contributed by atoms with van der Waals surface area (Å²) in [5.41, 5.74) is 4.10. The van der Waals surface area contributed by atoms with E-state index in [2.05, 4.69) is 0 Å². The highest BCUT2D eigenvalue weighted by Crippen LogP contribution is 2.41. The van der Waals surface area contributed by atoms with Crippen molar-refractivity contribution in [3.05, 3.63) is 157 Å². The van der Waals surface area contributed by atoms with Crippen LogP contribution in [0.1, 0.15) is 13.7 Å². The van der Waals surface area contributed by atoms with Crippen molar-refractivity contribution in [3.63, 3.8) is 0 Å². The molecule has 0 atom stereocenters. The van der Waals surface area contributed by atoms with Gasteiger partial charge >= 0.3 is 0 Å². The molecule has 0 aliphatic carbocycles. The topological polar surface area (TPSA) is 56.7 Å². The number of para-hydroxylation sites is 1. The van der Waals surface area contributed by atoms with Crippen LogP contribution in [0.2, 0.25) is 0 Å². The molecule has 0 aliphatic rings. The van der Waals surface area contributed by atoms with Gasteiger partial charge in [0.15, 0.2) is 17.5 Å². The van der Waals surface area contributed by atoms with E-state index >= 15 is 0 Å². The molecule has 0 aliphatic heterocycles. The molecule has 238 valence electrons. The fourth-order valence-electron chi connectivity index (χ4n) is 6.74. The van der Waals surface area contributed by atoms with Crippen molar-refractivity contribution in [1.82, 2.24) is 19.5 Å². The Morgan fingerprint density at radius 3 is 1.94 bits per heavy atom. The van der Waals surface area contributed by atoms with E-state index < -0.39 is 24.2 Å². The summed E-state index contributed by atoms with van der Waals surface area (Å²) >= 11 is 0.985. The first kappa shape index (κ1) is 20.1. The number of thiophene rings is 1. The van der Waals surface area contributed by atoms with Gasteiger partial charge in [0.2, 0.25) is 0 Å². The quantitative estimate of drug-likeness (QED) is 0.186. The number of rotatable bonds is 4. The standard InChI is InChI=1S/C45H26N4OS/c1-3-11-27(12-4-1)43-46-44(28-13-5-2-6-14-28)48-45(47-43)29-19-21-32-35-24-30(20-22-39(35)50-40(32)23-29)49-37-17-9-7-15-31(37)34-25-36-33-16-8-10-18-41(33)51-42(36)26-38(34)49/h1-26H/i7D,8D,9D,10D,15D,16D,17D,18D,25D,26D. The maximum Gasteiger partial charge on any atom is 0.164 e. The van der Waals surface area contributed by atoms with E-state index in [1.54, 1.807) is 16.7 Å². The highest BCUT2D eigenvalue weighted by Gasteiger charge is 2.18. The number of aromatic nitrogens is 4. The average molecular weight is 681 g/mol. The lowest BCUT2D eigenvalue weighted by Gasteiger charge is -2.08. The zero-order valence-electron chi connectivity index (χ0n) is 36.3. The second-order valence-corrected chi connectivity index (χ2v) is 13.1. The van der Waals surface area contributed by atoms with Crippen molar-refractivity contribution in [2.45, 2.75) is 0 Å². The molecule has 0 saturated carbocycles. The van der Waals surface area contributed by atoms with Crippen LogP contribution in [-0.4, -0.2) is 19.5 Å². The van der Waals surface area contributed by atoms with Gasteiger partial charge in [0, 0.05) is 64.1 Å². The minimum absolute atomic E-state index is 0.0328. The minimum atomic E-state index is -0.503. The first-order chi connectivity index (χ1) is 29.4. The Kier molecular flexibility index (Phi) is 4.32. The lowest BCUT2D eigenvalue weighted by atomic mass is 10.1. The summed E-state index contributed by atoms with van der Waals surface area (Å²) < 4.78 is 97.0. The summed E-state index contributed by atoms with van der Waals surface area (Å²) in [7, 11) is 0. The SMILES string of the molecule is [2H]c1c([2H])c([2H])c2c(sc3c([2H])c4c(c([2H])c32)c2c([2H])c([2H])c([2H])c([2H])c2n4-c2ccc3oc4cc(-c5nc(-c6ccccc6)nc(-c6ccccc6)n5)ccc4c3c2)c1[2H]. The van der Waals surface area contributed by atoms with E-state index in [0.717, 1.165) is 27.8 Å². The molecule has 0 unspecified atom stereocenters. The third-order valence-electron chi connectivity index (χ3n) is 9.09. The number of fused-ring (bicyclic) bond motifs is 9. The molecule has 0 radical (unpaired) electrons. The molecule has 51 heavy (non-hydrogen) atoms. The van der Waals surface area contributed by atoms with Crippen LogP contribution in [0.3, 0.4) is 0 Å². The molecule has 0 N–H and O–H groups in total. The van der Waals surface area contributed by atoms with Crippen LogP contribution < -0.4 is 0 Å². The van der Waals surface area contributed by atoms with Crippen molar-refractivity contribution in [2.75, 3.05) is 0 Å². The Bertz CT molecular complexity index is 3660. The molecule has 0 spiro atoms. The zero-order chi connectivity index (χ0) is 42.2. The predicted octanol–water partition coefficient (Wildman–Crippen LogP) is 12.2. The molecular formula is C45H26N4OS. The molecule has 0 fully saturated rings. The molecule has 4 aromatic heterocycles. The highest BCUT2D eigenvalue weighted by molar-refractivity contribution is 7.25. The van der Waals surface area contributed by atoms with Crippen molar-refractivity contribution in [1.29, 1.82) is 0 Å². The van der Waals surface area contributed by atoms with Crippen molar-refractivity contribution >= 4 is 75.3 Å². The second kappa shape index (κ2) is 10.9. The maximum absolute atomic E-state index is 9.63. The largest absolute Gasteiger partial charge is 0.456 e. The van der Waals surface area contributed by atoms with Gasteiger partial charge in [-0.25, -0.2) is 15.0 Å². The summed E-state index contributed by atoms with van der Waals surface area (Å²) in [6.45, 7) is 0. The predicted molar refractivity (Wildman–Crippen MR) is 211 cm³/mol. The second-order valence-electron chi connectivity index (χ2n) is 12.1. The monoisotopic (exact) mass is 680 g/mol. The Hall–Kier alpha value is -6.63. The summed E-state index contributed by atoms with van der Waals surface area (Å²) in [5.74, 6) is 1.48. The molecule has 5 nitrogen and oxygen atoms in total. The molecule has 0 saturated heterocycles. The molecule has 11 aromatic rings. The fraction of sp³-hybridized carbons (Fsp3) is 0. The number of nitrogens with zero attached hydrogens (tertiary/aromatic N) is 4. The summed E-state index contributed by atoms with van der Waals surface area (Å²) in [6.07, 6.45) is 0. The van der Waals surface area contributed by atoms with Crippen molar-refractivity contribution in [3.8, 4) is 39.9 Å². The highest BCUT2D eigenvalue weighted by atomic mass is 32.1. The molecule has 4 heterocycles. The maximum atomic E-state index is 9.63. The lowest BCUT2D eigenvalue weighted by molar-refractivity contribution is 0.669. The Labute approximate surface area is 309 Å². The van der Waals surface area contributed by atoms with Gasteiger partial charge in [0.1, 0.15) is 11.2 Å². The van der Waals surface area contributed by atoms with E-state index in [1.165, 1.54) is 0 Å². The molecule has 0 amide bonds. The van der Waals surface area contributed by atoms with E-state index in [0.29, 0.717) is 45.3 Å². The molecule has 0 bridgehead atoms. The first-order valence-electron chi connectivity index (χ1n) is 21.1. The van der Waals surface area contributed by atoms with Crippen LogP contribution in [0, 0.1) is 0 Å². The minimum Gasteiger partial charge on any atom is -0.456 e. The van der Waals surface area contributed by atoms with Gasteiger partial charge in [-0.15, -0.1) is 11.3 Å². The zero-order valence-corrected chi connectivity index (χ0v) is 27.2. The average Bonchev–Trinajstić information content (AvgIpc) is 3.99. The van der Waals surface area contributed by atoms with E-state index in [9.17, 15) is 2.74 Å². The van der Waals surface area contributed by atoms with Crippen LogP contribution in [0.15, 0.2) is 162 Å².